The van der Waals surface area contributed by atoms with Crippen molar-refractivity contribution in [3.05, 3.63) is 69.7 Å². The standard InChI is InChI=1S/C18H16Cl2O4/c19-15-7-3-1-5-11(15)13(9-17(21)22)14(10-18(23)24)12-6-2-4-8-16(12)20/h1-8,13-14H,9-10H2,(H,21,22)(H,23,24)/t13-,14-/m0/s1. The number of carboxylic acid groups (broad SMARTS) is 2. The van der Waals surface area contributed by atoms with Gasteiger partial charge in [0.2, 0.25) is 0 Å². The van der Waals surface area contributed by atoms with Crippen LogP contribution in [0.4, 0.5) is 0 Å². The van der Waals surface area contributed by atoms with Crippen LogP contribution in [-0.4, -0.2) is 22.2 Å². The number of benzene rings is 2. The van der Waals surface area contributed by atoms with Gasteiger partial charge in [-0.15, -0.1) is 0 Å². The van der Waals surface area contributed by atoms with Crippen LogP contribution in [0.2, 0.25) is 10.0 Å². The lowest BCUT2D eigenvalue weighted by Gasteiger charge is -2.27. The Morgan fingerprint density at radius 2 is 1.08 bits per heavy atom. The Hall–Kier alpha value is -2.04. The fourth-order valence-corrected chi connectivity index (χ4v) is 3.42. The maximum Gasteiger partial charge on any atom is 0.303 e. The summed E-state index contributed by atoms with van der Waals surface area (Å²) < 4.78 is 0. The highest BCUT2D eigenvalue weighted by Gasteiger charge is 2.31. The van der Waals surface area contributed by atoms with E-state index in [-0.39, 0.29) is 12.8 Å². The number of carboxylic acids is 2. The first-order valence-corrected chi connectivity index (χ1v) is 8.08. The van der Waals surface area contributed by atoms with Crippen molar-refractivity contribution in [3.8, 4) is 0 Å². The van der Waals surface area contributed by atoms with Gasteiger partial charge in [0, 0.05) is 21.9 Å². The normalized spacial score (nSPS) is 13.2. The summed E-state index contributed by atoms with van der Waals surface area (Å²) in [6.45, 7) is 0. The molecule has 0 amide bonds. The highest BCUT2D eigenvalue weighted by Crippen LogP contribution is 2.42. The second-order valence-corrected chi connectivity index (χ2v) is 6.27. The van der Waals surface area contributed by atoms with Crippen molar-refractivity contribution in [2.45, 2.75) is 24.7 Å². The number of halogens is 2. The molecule has 0 unspecified atom stereocenters. The third-order valence-electron chi connectivity index (χ3n) is 3.88. The first-order chi connectivity index (χ1) is 11.4. The average molecular weight is 367 g/mol. The van der Waals surface area contributed by atoms with Gasteiger partial charge in [0.1, 0.15) is 0 Å². The zero-order chi connectivity index (χ0) is 17.7. The Balaban J connectivity index is 2.57. The van der Waals surface area contributed by atoms with Crippen LogP contribution in [0.3, 0.4) is 0 Å². The molecular weight excluding hydrogens is 351 g/mol. The van der Waals surface area contributed by atoms with E-state index >= 15 is 0 Å². The molecule has 4 nitrogen and oxygen atoms in total. The molecule has 0 fully saturated rings. The third-order valence-corrected chi connectivity index (χ3v) is 4.57. The predicted molar refractivity (Wildman–Crippen MR) is 92.9 cm³/mol. The van der Waals surface area contributed by atoms with Crippen LogP contribution in [-0.2, 0) is 9.59 Å². The molecule has 0 radical (unpaired) electrons. The van der Waals surface area contributed by atoms with Gasteiger partial charge in [-0.25, -0.2) is 0 Å². The van der Waals surface area contributed by atoms with E-state index in [9.17, 15) is 19.8 Å². The van der Waals surface area contributed by atoms with Gasteiger partial charge in [-0.1, -0.05) is 59.6 Å². The molecule has 0 saturated carbocycles. The Bertz CT molecular complexity index is 682. The Morgan fingerprint density at radius 3 is 1.38 bits per heavy atom. The quantitative estimate of drug-likeness (QED) is 0.737. The minimum atomic E-state index is -1.03. The first-order valence-electron chi connectivity index (χ1n) is 7.32. The van der Waals surface area contributed by atoms with Crippen molar-refractivity contribution in [1.29, 1.82) is 0 Å². The van der Waals surface area contributed by atoms with E-state index in [1.165, 1.54) is 0 Å². The highest BCUT2D eigenvalue weighted by atomic mass is 35.5. The van der Waals surface area contributed by atoms with E-state index in [0.717, 1.165) is 0 Å². The van der Waals surface area contributed by atoms with Crippen LogP contribution < -0.4 is 0 Å². The van der Waals surface area contributed by atoms with Gasteiger partial charge in [0.25, 0.3) is 0 Å². The lowest BCUT2D eigenvalue weighted by Crippen LogP contribution is -2.19. The Kier molecular flexibility index (Phi) is 6.23. The smallest absolute Gasteiger partial charge is 0.303 e. The van der Waals surface area contributed by atoms with Crippen LogP contribution in [0.25, 0.3) is 0 Å². The zero-order valence-corrected chi connectivity index (χ0v) is 14.2. The fraction of sp³-hybridized carbons (Fsp3) is 0.222. The Morgan fingerprint density at radius 1 is 0.750 bits per heavy atom. The second-order valence-electron chi connectivity index (χ2n) is 5.45. The van der Waals surface area contributed by atoms with Gasteiger partial charge in [-0.2, -0.15) is 0 Å². The molecule has 126 valence electrons. The van der Waals surface area contributed by atoms with Gasteiger partial charge in [0.15, 0.2) is 0 Å². The summed E-state index contributed by atoms with van der Waals surface area (Å²) in [5.74, 6) is -3.26. The van der Waals surface area contributed by atoms with Gasteiger partial charge >= 0.3 is 11.9 Å². The summed E-state index contributed by atoms with van der Waals surface area (Å²) in [6.07, 6.45) is -0.486. The molecule has 0 aromatic heterocycles. The van der Waals surface area contributed by atoms with Crippen molar-refractivity contribution in [2.75, 3.05) is 0 Å². The van der Waals surface area contributed by atoms with Crippen LogP contribution >= 0.6 is 23.2 Å². The molecule has 24 heavy (non-hydrogen) atoms. The molecule has 0 heterocycles. The van der Waals surface area contributed by atoms with Crippen LogP contribution in [0.1, 0.15) is 35.8 Å². The Labute approximate surface area is 149 Å². The average Bonchev–Trinajstić information content (AvgIpc) is 2.52. The summed E-state index contributed by atoms with van der Waals surface area (Å²) in [7, 11) is 0. The van der Waals surface area contributed by atoms with E-state index in [4.69, 9.17) is 23.2 Å². The summed E-state index contributed by atoms with van der Waals surface area (Å²) in [5.41, 5.74) is 1.21. The fourth-order valence-electron chi connectivity index (χ4n) is 2.87. The van der Waals surface area contributed by atoms with Crippen molar-refractivity contribution in [3.63, 3.8) is 0 Å². The molecule has 0 saturated heterocycles. The number of hydrogen-bond acceptors (Lipinski definition) is 2. The van der Waals surface area contributed by atoms with Crippen LogP contribution in [0.15, 0.2) is 48.5 Å². The maximum atomic E-state index is 11.4. The lowest BCUT2D eigenvalue weighted by molar-refractivity contribution is -0.140. The van der Waals surface area contributed by atoms with E-state index in [2.05, 4.69) is 0 Å². The molecule has 0 aliphatic heterocycles. The molecule has 0 bridgehead atoms. The first kappa shape index (κ1) is 18.3. The van der Waals surface area contributed by atoms with Crippen molar-refractivity contribution < 1.29 is 19.8 Å². The molecule has 2 aromatic rings. The predicted octanol–water partition coefficient (Wildman–Crippen LogP) is 4.81. The van der Waals surface area contributed by atoms with Crippen LogP contribution in [0, 0.1) is 0 Å². The number of rotatable bonds is 7. The van der Waals surface area contributed by atoms with Crippen molar-refractivity contribution >= 4 is 35.1 Å². The van der Waals surface area contributed by atoms with E-state index < -0.39 is 23.8 Å². The van der Waals surface area contributed by atoms with Crippen LogP contribution in [0.5, 0.6) is 0 Å². The molecule has 0 aliphatic rings. The monoisotopic (exact) mass is 366 g/mol. The second kappa shape index (κ2) is 8.18. The minimum absolute atomic E-state index is 0.243. The minimum Gasteiger partial charge on any atom is -0.481 e. The van der Waals surface area contributed by atoms with Crippen molar-refractivity contribution in [2.24, 2.45) is 0 Å². The zero-order valence-electron chi connectivity index (χ0n) is 12.7. The van der Waals surface area contributed by atoms with Gasteiger partial charge < -0.3 is 10.2 Å². The maximum absolute atomic E-state index is 11.4. The molecule has 2 atom stereocenters. The lowest BCUT2D eigenvalue weighted by atomic mass is 9.77. The molecule has 2 rings (SSSR count). The van der Waals surface area contributed by atoms with E-state index in [0.29, 0.717) is 21.2 Å². The van der Waals surface area contributed by atoms with E-state index in [1.807, 2.05) is 0 Å². The molecule has 2 N–H and O–H groups in total. The van der Waals surface area contributed by atoms with Gasteiger partial charge in [0.05, 0.1) is 12.8 Å². The van der Waals surface area contributed by atoms with Gasteiger partial charge in [-0.3, -0.25) is 9.59 Å². The molecule has 0 aliphatic carbocycles. The largest absolute Gasteiger partial charge is 0.481 e. The highest BCUT2D eigenvalue weighted by molar-refractivity contribution is 6.32. The molecule has 6 heteroatoms. The van der Waals surface area contributed by atoms with E-state index in [1.54, 1.807) is 48.5 Å². The van der Waals surface area contributed by atoms with Crippen molar-refractivity contribution in [1.82, 2.24) is 0 Å². The topological polar surface area (TPSA) is 74.6 Å². The molecular formula is C18H16Cl2O4. The molecule has 0 spiro atoms. The SMILES string of the molecule is O=C(O)C[C@@H](c1ccccc1Cl)[C@@H](CC(=O)O)c1ccccc1Cl. The van der Waals surface area contributed by atoms with Gasteiger partial charge in [-0.05, 0) is 23.3 Å². The number of carbonyl (C=O) groups is 2. The number of hydrogen-bond donors (Lipinski definition) is 2. The molecule has 2 aromatic carbocycles. The third kappa shape index (κ3) is 4.49. The number of aliphatic carboxylic acids is 2. The summed E-state index contributed by atoms with van der Waals surface area (Å²) >= 11 is 12.5. The summed E-state index contributed by atoms with van der Waals surface area (Å²) in [6, 6.07) is 13.8. The summed E-state index contributed by atoms with van der Waals surface area (Å²) in [4.78, 5) is 22.8. The summed E-state index contributed by atoms with van der Waals surface area (Å²) in [5, 5.41) is 19.4.